The molecule has 136 valence electrons. The van der Waals surface area contributed by atoms with Gasteiger partial charge < -0.3 is 19.0 Å². The number of furan rings is 1. The molecule has 1 aromatic heterocycles. The van der Waals surface area contributed by atoms with Crippen molar-refractivity contribution in [2.75, 3.05) is 33.3 Å². The van der Waals surface area contributed by atoms with E-state index in [4.69, 9.17) is 9.15 Å². The number of amides is 2. The number of hydrogen-bond donors (Lipinski definition) is 0. The van der Waals surface area contributed by atoms with Gasteiger partial charge >= 0.3 is 0 Å². The summed E-state index contributed by atoms with van der Waals surface area (Å²) in [5.74, 6) is 1.24. The van der Waals surface area contributed by atoms with E-state index in [1.807, 2.05) is 37.3 Å². The topological polar surface area (TPSA) is 63.0 Å². The molecule has 2 aromatic rings. The maximum atomic E-state index is 13.2. The van der Waals surface area contributed by atoms with E-state index in [0.29, 0.717) is 36.7 Å². The first-order chi connectivity index (χ1) is 12.5. The monoisotopic (exact) mass is 354 g/mol. The van der Waals surface area contributed by atoms with Crippen molar-refractivity contribution in [1.82, 2.24) is 9.80 Å². The van der Waals surface area contributed by atoms with Crippen LogP contribution >= 0.6 is 0 Å². The van der Waals surface area contributed by atoms with E-state index in [2.05, 4.69) is 0 Å². The highest BCUT2D eigenvalue weighted by molar-refractivity contribution is 6.00. The molecule has 3 heterocycles. The summed E-state index contributed by atoms with van der Waals surface area (Å²) in [6.07, 6.45) is 0.730. The van der Waals surface area contributed by atoms with Crippen LogP contribution < -0.4 is 0 Å². The van der Waals surface area contributed by atoms with Gasteiger partial charge in [0.2, 0.25) is 5.91 Å². The van der Waals surface area contributed by atoms with E-state index < -0.39 is 5.60 Å². The van der Waals surface area contributed by atoms with Gasteiger partial charge in [-0.25, -0.2) is 0 Å². The molecule has 4 rings (SSSR count). The Labute approximate surface area is 152 Å². The van der Waals surface area contributed by atoms with E-state index in [9.17, 15) is 9.59 Å². The van der Waals surface area contributed by atoms with Crippen LogP contribution in [-0.4, -0.2) is 60.5 Å². The van der Waals surface area contributed by atoms with Crippen molar-refractivity contribution in [3.63, 3.8) is 0 Å². The van der Waals surface area contributed by atoms with Crippen molar-refractivity contribution < 1.29 is 18.7 Å². The van der Waals surface area contributed by atoms with E-state index >= 15 is 0 Å². The summed E-state index contributed by atoms with van der Waals surface area (Å²) in [5.41, 5.74) is 1.01. The van der Waals surface area contributed by atoms with E-state index in [1.165, 1.54) is 0 Å². The van der Waals surface area contributed by atoms with Crippen LogP contribution in [0.25, 0.3) is 11.3 Å². The van der Waals surface area contributed by atoms with Gasteiger partial charge in [0.1, 0.15) is 23.7 Å². The van der Waals surface area contributed by atoms with E-state index in [0.717, 1.165) is 12.0 Å². The molecule has 26 heavy (non-hydrogen) atoms. The number of nitrogens with zero attached hydrogens (tertiary/aromatic N) is 2. The summed E-state index contributed by atoms with van der Waals surface area (Å²) >= 11 is 0. The van der Waals surface area contributed by atoms with Crippen LogP contribution in [0, 0.1) is 6.92 Å². The van der Waals surface area contributed by atoms with Crippen molar-refractivity contribution in [3.05, 3.63) is 47.7 Å². The third-order valence-corrected chi connectivity index (χ3v) is 5.18. The zero-order chi connectivity index (χ0) is 18.3. The number of rotatable bonds is 2. The van der Waals surface area contributed by atoms with Gasteiger partial charge in [0, 0.05) is 19.2 Å². The van der Waals surface area contributed by atoms with Crippen molar-refractivity contribution in [1.29, 1.82) is 0 Å². The van der Waals surface area contributed by atoms with Crippen LogP contribution in [0.1, 0.15) is 22.5 Å². The van der Waals surface area contributed by atoms with Crippen LogP contribution in [-0.2, 0) is 9.53 Å². The molecule has 0 N–H and O–H groups in total. The predicted molar refractivity (Wildman–Crippen MR) is 95.7 cm³/mol. The fraction of sp³-hybridized carbons (Fsp3) is 0.400. The SMILES string of the molecule is Cc1cc(C(=O)N2CC[C@]3(CN(C)C(=O)CO3)C2)c(-c2ccccc2)o1. The standard InChI is InChI=1S/C20H22N2O4/c1-14-10-16(18(26-14)15-6-4-3-5-7-15)19(24)22-9-8-20(13-22)12-21(2)17(23)11-25-20/h3-7,10H,8-9,11-13H2,1-2H3/t20-/m0/s1. The molecule has 0 unspecified atom stereocenters. The fourth-order valence-corrected chi connectivity index (χ4v) is 3.80. The molecule has 0 bridgehead atoms. The summed E-state index contributed by atoms with van der Waals surface area (Å²) in [6, 6.07) is 11.5. The van der Waals surface area contributed by atoms with Gasteiger partial charge in [0.25, 0.3) is 5.91 Å². The average molecular weight is 354 g/mol. The molecule has 2 amide bonds. The Morgan fingerprint density at radius 3 is 2.69 bits per heavy atom. The number of likely N-dealkylation sites (tertiary alicyclic amines) is 1. The molecule has 0 aliphatic carbocycles. The Bertz CT molecular complexity index is 845. The first-order valence-electron chi connectivity index (χ1n) is 8.80. The van der Waals surface area contributed by atoms with Crippen LogP contribution in [0.4, 0.5) is 0 Å². The van der Waals surface area contributed by atoms with E-state index in [1.54, 1.807) is 22.9 Å². The number of morpholine rings is 1. The minimum absolute atomic E-state index is 0.0165. The summed E-state index contributed by atoms with van der Waals surface area (Å²) in [6.45, 7) is 3.55. The smallest absolute Gasteiger partial charge is 0.257 e. The van der Waals surface area contributed by atoms with Gasteiger partial charge in [0.15, 0.2) is 0 Å². The number of benzene rings is 1. The van der Waals surface area contributed by atoms with Crippen LogP contribution in [0.3, 0.4) is 0 Å². The lowest BCUT2D eigenvalue weighted by molar-refractivity contribution is -0.158. The van der Waals surface area contributed by atoms with Gasteiger partial charge in [-0.1, -0.05) is 30.3 Å². The number of carbonyl (C=O) groups excluding carboxylic acids is 2. The molecule has 2 saturated heterocycles. The molecular weight excluding hydrogens is 332 g/mol. The maximum absolute atomic E-state index is 13.2. The fourth-order valence-electron chi connectivity index (χ4n) is 3.80. The highest BCUT2D eigenvalue weighted by Gasteiger charge is 2.46. The lowest BCUT2D eigenvalue weighted by atomic mass is 10.0. The first kappa shape index (κ1) is 16.8. The second-order valence-corrected chi connectivity index (χ2v) is 7.16. The number of ether oxygens (including phenoxy) is 1. The third kappa shape index (κ3) is 2.90. The van der Waals surface area contributed by atoms with Gasteiger partial charge in [-0.05, 0) is 19.4 Å². The minimum Gasteiger partial charge on any atom is -0.461 e. The zero-order valence-electron chi connectivity index (χ0n) is 15.0. The highest BCUT2D eigenvalue weighted by atomic mass is 16.5. The number of aryl methyl sites for hydroxylation is 1. The molecule has 1 aromatic carbocycles. The van der Waals surface area contributed by atoms with E-state index in [-0.39, 0.29) is 18.4 Å². The van der Waals surface area contributed by atoms with Crippen molar-refractivity contribution in [2.24, 2.45) is 0 Å². The van der Waals surface area contributed by atoms with Gasteiger partial charge in [0.05, 0.1) is 18.7 Å². The van der Waals surface area contributed by atoms with Crippen LogP contribution in [0.5, 0.6) is 0 Å². The number of likely N-dealkylation sites (N-methyl/N-ethyl adjacent to an activating group) is 1. The molecule has 2 aliphatic rings. The summed E-state index contributed by atoms with van der Waals surface area (Å²) in [7, 11) is 1.78. The van der Waals surface area contributed by atoms with Crippen molar-refractivity contribution in [3.8, 4) is 11.3 Å². The lowest BCUT2D eigenvalue weighted by Gasteiger charge is -2.38. The normalized spacial score (nSPS) is 23.1. The summed E-state index contributed by atoms with van der Waals surface area (Å²) in [4.78, 5) is 28.3. The molecule has 1 spiro atoms. The third-order valence-electron chi connectivity index (χ3n) is 5.18. The largest absolute Gasteiger partial charge is 0.461 e. The first-order valence-corrected chi connectivity index (χ1v) is 8.80. The van der Waals surface area contributed by atoms with Gasteiger partial charge in [-0.2, -0.15) is 0 Å². The number of hydrogen-bond acceptors (Lipinski definition) is 4. The second kappa shape index (κ2) is 6.29. The summed E-state index contributed by atoms with van der Waals surface area (Å²) in [5, 5.41) is 0. The summed E-state index contributed by atoms with van der Waals surface area (Å²) < 4.78 is 11.7. The van der Waals surface area contributed by atoms with Crippen LogP contribution in [0.2, 0.25) is 0 Å². The quantitative estimate of drug-likeness (QED) is 0.830. The second-order valence-electron chi connectivity index (χ2n) is 7.16. The Hall–Kier alpha value is -2.60. The Morgan fingerprint density at radius 2 is 1.96 bits per heavy atom. The van der Waals surface area contributed by atoms with Gasteiger partial charge in [-0.15, -0.1) is 0 Å². The molecule has 2 fully saturated rings. The molecule has 0 saturated carbocycles. The molecular formula is C20H22N2O4. The molecule has 0 radical (unpaired) electrons. The maximum Gasteiger partial charge on any atom is 0.257 e. The lowest BCUT2D eigenvalue weighted by Crippen LogP contribution is -2.54. The highest BCUT2D eigenvalue weighted by Crippen LogP contribution is 2.33. The Kier molecular flexibility index (Phi) is 4.07. The Morgan fingerprint density at radius 1 is 1.19 bits per heavy atom. The van der Waals surface area contributed by atoms with Crippen molar-refractivity contribution in [2.45, 2.75) is 18.9 Å². The molecule has 6 nitrogen and oxygen atoms in total. The predicted octanol–water partition coefficient (Wildman–Crippen LogP) is 2.33. The van der Waals surface area contributed by atoms with Gasteiger partial charge in [-0.3, -0.25) is 9.59 Å². The average Bonchev–Trinajstić information content (AvgIpc) is 3.23. The molecule has 6 heteroatoms. The molecule has 1 atom stereocenters. The van der Waals surface area contributed by atoms with Crippen molar-refractivity contribution >= 4 is 11.8 Å². The Balaban J connectivity index is 1.57. The molecule has 2 aliphatic heterocycles. The zero-order valence-corrected chi connectivity index (χ0v) is 15.0. The number of carbonyl (C=O) groups is 2. The minimum atomic E-state index is -0.454. The van der Waals surface area contributed by atoms with Crippen LogP contribution in [0.15, 0.2) is 40.8 Å².